The Morgan fingerprint density at radius 1 is 1.00 bits per heavy atom. The molecule has 2 aliphatic rings. The van der Waals surface area contributed by atoms with Crippen LogP contribution in [0.4, 0.5) is 0 Å². The van der Waals surface area contributed by atoms with Gasteiger partial charge in [-0.05, 0) is 23.6 Å². The lowest BCUT2D eigenvalue weighted by molar-refractivity contribution is -0.136. The topological polar surface area (TPSA) is 51.5 Å². The van der Waals surface area contributed by atoms with Crippen LogP contribution in [0.1, 0.15) is 28.8 Å². The molecule has 1 aromatic heterocycles. The standard InChI is InChI=1S/C22H20N2O3/c25-20(15-24-12-9-16-5-1-4-8-19(16)24)23-13-10-22(11-14-23)18-7-3-2-6-17(18)21(26)27-22/h1-9,12H,10-11,13-15H2. The first-order chi connectivity index (χ1) is 13.2. The number of aromatic nitrogens is 1. The van der Waals surface area contributed by atoms with Crippen LogP contribution in [-0.2, 0) is 21.7 Å². The summed E-state index contributed by atoms with van der Waals surface area (Å²) in [5.74, 6) is -0.145. The third-order valence-electron chi connectivity index (χ3n) is 5.84. The minimum absolute atomic E-state index is 0.101. The van der Waals surface area contributed by atoms with Crippen molar-refractivity contribution in [2.45, 2.75) is 25.0 Å². The van der Waals surface area contributed by atoms with E-state index in [1.54, 1.807) is 0 Å². The Morgan fingerprint density at radius 3 is 2.59 bits per heavy atom. The van der Waals surface area contributed by atoms with Gasteiger partial charge in [-0.25, -0.2) is 4.79 Å². The summed E-state index contributed by atoms with van der Waals surface area (Å²) < 4.78 is 7.76. The Kier molecular flexibility index (Phi) is 3.57. The molecular weight excluding hydrogens is 340 g/mol. The molecule has 2 aliphatic heterocycles. The summed E-state index contributed by atoms with van der Waals surface area (Å²) in [6.45, 7) is 1.52. The third-order valence-corrected chi connectivity index (χ3v) is 5.84. The van der Waals surface area contributed by atoms with Crippen molar-refractivity contribution in [3.8, 4) is 0 Å². The molecule has 1 amide bonds. The van der Waals surface area contributed by atoms with Gasteiger partial charge in [0.25, 0.3) is 0 Å². The van der Waals surface area contributed by atoms with E-state index in [0.29, 0.717) is 38.0 Å². The molecule has 1 fully saturated rings. The molecule has 3 heterocycles. The van der Waals surface area contributed by atoms with E-state index < -0.39 is 5.60 Å². The van der Waals surface area contributed by atoms with E-state index in [1.165, 1.54) is 0 Å². The summed E-state index contributed by atoms with van der Waals surface area (Å²) in [7, 11) is 0. The molecule has 136 valence electrons. The number of fused-ring (bicyclic) bond motifs is 3. The molecule has 0 atom stereocenters. The van der Waals surface area contributed by atoms with Crippen molar-refractivity contribution in [3.63, 3.8) is 0 Å². The van der Waals surface area contributed by atoms with Gasteiger partial charge in [-0.2, -0.15) is 0 Å². The van der Waals surface area contributed by atoms with Gasteiger partial charge in [-0.15, -0.1) is 0 Å². The van der Waals surface area contributed by atoms with Gasteiger partial charge in [0.2, 0.25) is 5.91 Å². The summed E-state index contributed by atoms with van der Waals surface area (Å²) in [5.41, 5.74) is 2.14. The summed E-state index contributed by atoms with van der Waals surface area (Å²) in [4.78, 5) is 26.9. The van der Waals surface area contributed by atoms with E-state index in [1.807, 2.05) is 70.3 Å². The van der Waals surface area contributed by atoms with Crippen LogP contribution in [0, 0.1) is 0 Å². The zero-order valence-electron chi connectivity index (χ0n) is 14.9. The minimum atomic E-state index is -0.565. The zero-order valence-corrected chi connectivity index (χ0v) is 14.9. The number of ether oxygens (including phenoxy) is 1. The molecule has 1 spiro atoms. The quantitative estimate of drug-likeness (QED) is 0.659. The highest BCUT2D eigenvalue weighted by atomic mass is 16.6. The highest BCUT2D eigenvalue weighted by Gasteiger charge is 2.47. The second kappa shape index (κ2) is 5.98. The number of hydrogen-bond donors (Lipinski definition) is 0. The van der Waals surface area contributed by atoms with Crippen LogP contribution in [0.2, 0.25) is 0 Å². The lowest BCUT2D eigenvalue weighted by Crippen LogP contribution is -2.46. The van der Waals surface area contributed by atoms with Crippen molar-refractivity contribution in [3.05, 3.63) is 71.9 Å². The van der Waals surface area contributed by atoms with Crippen molar-refractivity contribution < 1.29 is 14.3 Å². The average Bonchev–Trinajstić information content (AvgIpc) is 3.22. The van der Waals surface area contributed by atoms with Gasteiger partial charge in [0, 0.05) is 43.2 Å². The van der Waals surface area contributed by atoms with E-state index >= 15 is 0 Å². The fourth-order valence-corrected chi connectivity index (χ4v) is 4.36. The van der Waals surface area contributed by atoms with Crippen LogP contribution in [0.5, 0.6) is 0 Å². The molecule has 0 aliphatic carbocycles. The Bertz CT molecular complexity index is 1040. The maximum atomic E-state index is 12.8. The van der Waals surface area contributed by atoms with Crippen molar-refractivity contribution in [2.75, 3.05) is 13.1 Å². The molecule has 1 saturated heterocycles. The SMILES string of the molecule is O=C1OC2(CCN(C(=O)Cn3ccc4ccccc43)CC2)c2ccccc21. The van der Waals surface area contributed by atoms with E-state index in [9.17, 15) is 9.59 Å². The van der Waals surface area contributed by atoms with Crippen LogP contribution < -0.4 is 0 Å². The smallest absolute Gasteiger partial charge is 0.339 e. The molecule has 0 unspecified atom stereocenters. The molecule has 2 aromatic carbocycles. The fraction of sp³-hybridized carbons (Fsp3) is 0.273. The largest absolute Gasteiger partial charge is 0.450 e. The van der Waals surface area contributed by atoms with Gasteiger partial charge in [-0.3, -0.25) is 4.79 Å². The van der Waals surface area contributed by atoms with E-state index in [-0.39, 0.29) is 11.9 Å². The monoisotopic (exact) mass is 360 g/mol. The molecule has 0 bridgehead atoms. The summed E-state index contributed by atoms with van der Waals surface area (Å²) in [6, 6.07) is 17.7. The lowest BCUT2D eigenvalue weighted by Gasteiger charge is -2.38. The minimum Gasteiger partial charge on any atom is -0.450 e. The number of carbonyl (C=O) groups excluding carboxylic acids is 2. The van der Waals surface area contributed by atoms with Crippen molar-refractivity contribution in [1.29, 1.82) is 0 Å². The molecule has 5 heteroatoms. The first-order valence-corrected chi connectivity index (χ1v) is 9.31. The van der Waals surface area contributed by atoms with Gasteiger partial charge in [0.1, 0.15) is 12.1 Å². The van der Waals surface area contributed by atoms with Crippen molar-refractivity contribution in [2.24, 2.45) is 0 Å². The lowest BCUT2D eigenvalue weighted by atomic mass is 9.84. The Labute approximate surface area is 157 Å². The van der Waals surface area contributed by atoms with Gasteiger partial charge >= 0.3 is 5.97 Å². The number of esters is 1. The maximum absolute atomic E-state index is 12.8. The van der Waals surface area contributed by atoms with Crippen molar-refractivity contribution >= 4 is 22.8 Å². The molecule has 5 nitrogen and oxygen atoms in total. The predicted octanol–water partition coefficient (Wildman–Crippen LogP) is 3.33. The van der Waals surface area contributed by atoms with E-state index in [2.05, 4.69) is 0 Å². The second-order valence-corrected chi connectivity index (χ2v) is 7.31. The molecule has 0 N–H and O–H groups in total. The number of rotatable bonds is 2. The normalized spacial score (nSPS) is 17.9. The van der Waals surface area contributed by atoms with Crippen LogP contribution in [0.25, 0.3) is 10.9 Å². The van der Waals surface area contributed by atoms with E-state index in [4.69, 9.17) is 4.74 Å². The van der Waals surface area contributed by atoms with Crippen LogP contribution >= 0.6 is 0 Å². The number of nitrogens with zero attached hydrogens (tertiary/aromatic N) is 2. The molecule has 5 rings (SSSR count). The Morgan fingerprint density at radius 2 is 1.74 bits per heavy atom. The van der Waals surface area contributed by atoms with Gasteiger partial charge in [-0.1, -0.05) is 36.4 Å². The zero-order chi connectivity index (χ0) is 18.4. The number of hydrogen-bond acceptors (Lipinski definition) is 3. The molecular formula is C22H20N2O3. The highest BCUT2D eigenvalue weighted by Crippen LogP contribution is 2.43. The molecule has 3 aromatic rings. The van der Waals surface area contributed by atoms with Gasteiger partial charge < -0.3 is 14.2 Å². The molecule has 0 radical (unpaired) electrons. The van der Waals surface area contributed by atoms with Crippen LogP contribution in [0.15, 0.2) is 60.8 Å². The number of carbonyl (C=O) groups is 2. The Balaban J connectivity index is 1.31. The first kappa shape index (κ1) is 16.1. The highest BCUT2D eigenvalue weighted by molar-refractivity contribution is 5.94. The predicted molar refractivity (Wildman–Crippen MR) is 101 cm³/mol. The molecule has 27 heavy (non-hydrogen) atoms. The number of likely N-dealkylation sites (tertiary alicyclic amines) is 1. The summed E-state index contributed by atoms with van der Waals surface area (Å²) >= 11 is 0. The Hall–Kier alpha value is -3.08. The van der Waals surface area contributed by atoms with Crippen molar-refractivity contribution in [1.82, 2.24) is 9.47 Å². The fourth-order valence-electron chi connectivity index (χ4n) is 4.36. The number of piperidine rings is 1. The number of para-hydroxylation sites is 1. The van der Waals surface area contributed by atoms with Gasteiger partial charge in [0.15, 0.2) is 0 Å². The first-order valence-electron chi connectivity index (χ1n) is 9.31. The number of amides is 1. The second-order valence-electron chi connectivity index (χ2n) is 7.31. The summed E-state index contributed by atoms with van der Waals surface area (Å²) in [6.07, 6.45) is 3.25. The van der Waals surface area contributed by atoms with Crippen LogP contribution in [-0.4, -0.2) is 34.4 Å². The summed E-state index contributed by atoms with van der Waals surface area (Å²) in [5, 5.41) is 1.14. The third kappa shape index (κ3) is 2.53. The van der Waals surface area contributed by atoms with E-state index in [0.717, 1.165) is 16.5 Å². The van der Waals surface area contributed by atoms with Crippen LogP contribution in [0.3, 0.4) is 0 Å². The van der Waals surface area contributed by atoms with Gasteiger partial charge in [0.05, 0.1) is 5.56 Å². The number of benzene rings is 2. The maximum Gasteiger partial charge on any atom is 0.339 e. The molecule has 0 saturated carbocycles. The average molecular weight is 360 g/mol.